The number of hydrogen-bond donors (Lipinski definition) is 2. The van der Waals surface area contributed by atoms with Gasteiger partial charge in [-0.1, -0.05) is 32.0 Å². The Morgan fingerprint density at radius 1 is 1.18 bits per heavy atom. The van der Waals surface area contributed by atoms with E-state index in [1.807, 2.05) is 30.3 Å². The third-order valence-electron chi connectivity index (χ3n) is 5.32. The Labute approximate surface area is 167 Å². The van der Waals surface area contributed by atoms with Crippen LogP contribution in [0, 0.1) is 0 Å². The van der Waals surface area contributed by atoms with Crippen molar-refractivity contribution in [2.45, 2.75) is 32.7 Å². The van der Waals surface area contributed by atoms with Crippen LogP contribution >= 0.6 is 0 Å². The highest BCUT2D eigenvalue weighted by Gasteiger charge is 2.24. The van der Waals surface area contributed by atoms with E-state index < -0.39 is 0 Å². The molecule has 0 saturated carbocycles. The van der Waals surface area contributed by atoms with Crippen LogP contribution in [0.15, 0.2) is 48.7 Å². The molecule has 1 fully saturated rings. The smallest absolute Gasteiger partial charge is 0.319 e. The molecule has 6 heteroatoms. The van der Waals surface area contributed by atoms with Gasteiger partial charge < -0.3 is 20.4 Å². The van der Waals surface area contributed by atoms with E-state index in [2.05, 4.69) is 51.4 Å². The fourth-order valence-corrected chi connectivity index (χ4v) is 3.56. The first-order valence-corrected chi connectivity index (χ1v) is 10.2. The number of carbonyl (C=O) groups excluding carboxylic acids is 1. The van der Waals surface area contributed by atoms with Crippen molar-refractivity contribution in [1.29, 1.82) is 0 Å². The molecule has 0 spiro atoms. The van der Waals surface area contributed by atoms with Crippen molar-refractivity contribution in [3.05, 3.63) is 54.2 Å². The van der Waals surface area contributed by atoms with Crippen LogP contribution in [0.3, 0.4) is 0 Å². The number of urea groups is 1. The number of pyridine rings is 1. The van der Waals surface area contributed by atoms with Gasteiger partial charge in [0.2, 0.25) is 0 Å². The van der Waals surface area contributed by atoms with Crippen molar-refractivity contribution in [3.63, 3.8) is 0 Å². The zero-order chi connectivity index (χ0) is 19.8. The number of aromatic nitrogens is 1. The summed E-state index contributed by atoms with van der Waals surface area (Å²) in [5.74, 6) is 0.965. The molecule has 2 amide bonds. The minimum Gasteiger partial charge on any atom is -0.354 e. The van der Waals surface area contributed by atoms with Gasteiger partial charge in [0.25, 0.3) is 0 Å². The van der Waals surface area contributed by atoms with Gasteiger partial charge in [-0.3, -0.25) is 0 Å². The second-order valence-corrected chi connectivity index (χ2v) is 7.19. The number of nitrogens with one attached hydrogen (secondary N) is 2. The second kappa shape index (κ2) is 10.1. The van der Waals surface area contributed by atoms with E-state index in [0.717, 1.165) is 57.1 Å². The number of carbonyl (C=O) groups is 1. The third-order valence-corrected chi connectivity index (χ3v) is 5.32. The van der Waals surface area contributed by atoms with Crippen molar-refractivity contribution < 1.29 is 4.79 Å². The van der Waals surface area contributed by atoms with Crippen LogP contribution in [0.4, 0.5) is 16.3 Å². The molecule has 0 radical (unpaired) electrons. The Balaban J connectivity index is 1.43. The van der Waals surface area contributed by atoms with Gasteiger partial charge in [-0.25, -0.2) is 9.78 Å². The van der Waals surface area contributed by atoms with Gasteiger partial charge in [-0.15, -0.1) is 0 Å². The molecule has 1 unspecified atom stereocenters. The Morgan fingerprint density at radius 3 is 2.64 bits per heavy atom. The summed E-state index contributed by atoms with van der Waals surface area (Å²) in [7, 11) is 0. The molecule has 6 nitrogen and oxygen atoms in total. The standard InChI is InChI=1S/C22H31N5O/c1-3-26(4-2)15-12-18-8-10-19(11-9-18)24-22(28)25-20-13-16-27(17-20)21-7-5-6-14-23-21/h5-11,14,20H,3-4,12-13,15-17H2,1-2H3,(H2,24,25,28). The summed E-state index contributed by atoms with van der Waals surface area (Å²) in [6.45, 7) is 9.29. The molecule has 1 aromatic carbocycles. The molecular weight excluding hydrogens is 350 g/mol. The van der Waals surface area contributed by atoms with E-state index >= 15 is 0 Å². The lowest BCUT2D eigenvalue weighted by atomic mass is 10.1. The monoisotopic (exact) mass is 381 g/mol. The molecule has 2 heterocycles. The quantitative estimate of drug-likeness (QED) is 0.736. The SMILES string of the molecule is CCN(CC)CCc1ccc(NC(=O)NC2CCN(c3ccccn3)C2)cc1. The second-order valence-electron chi connectivity index (χ2n) is 7.19. The van der Waals surface area contributed by atoms with Gasteiger partial charge in [0.1, 0.15) is 5.82 Å². The summed E-state index contributed by atoms with van der Waals surface area (Å²) in [6, 6.07) is 14.0. The van der Waals surface area contributed by atoms with Crippen molar-refractivity contribution in [2.75, 3.05) is 42.9 Å². The van der Waals surface area contributed by atoms with E-state index in [4.69, 9.17) is 0 Å². The van der Waals surface area contributed by atoms with Crippen molar-refractivity contribution in [3.8, 4) is 0 Å². The lowest BCUT2D eigenvalue weighted by Gasteiger charge is -2.18. The third kappa shape index (κ3) is 5.70. The molecule has 1 aromatic heterocycles. The first kappa shape index (κ1) is 20.1. The van der Waals surface area contributed by atoms with E-state index in [0.29, 0.717) is 0 Å². The molecule has 1 aliphatic rings. The van der Waals surface area contributed by atoms with Crippen LogP contribution in [0.5, 0.6) is 0 Å². The fourth-order valence-electron chi connectivity index (χ4n) is 3.56. The molecule has 2 aromatic rings. The summed E-state index contributed by atoms with van der Waals surface area (Å²) in [5, 5.41) is 6.01. The van der Waals surface area contributed by atoms with Gasteiger partial charge in [0, 0.05) is 37.6 Å². The Hall–Kier alpha value is -2.60. The predicted molar refractivity (Wildman–Crippen MR) is 115 cm³/mol. The van der Waals surface area contributed by atoms with Gasteiger partial charge in [0.15, 0.2) is 0 Å². The first-order chi connectivity index (χ1) is 13.7. The van der Waals surface area contributed by atoms with Crippen LogP contribution in [0.1, 0.15) is 25.8 Å². The zero-order valence-electron chi connectivity index (χ0n) is 16.9. The van der Waals surface area contributed by atoms with Crippen molar-refractivity contribution in [1.82, 2.24) is 15.2 Å². The predicted octanol–water partition coefficient (Wildman–Crippen LogP) is 3.37. The van der Waals surface area contributed by atoms with Gasteiger partial charge in [-0.05, 0) is 55.8 Å². The number of benzene rings is 1. The van der Waals surface area contributed by atoms with E-state index in [9.17, 15) is 4.79 Å². The molecule has 150 valence electrons. The minimum atomic E-state index is -0.149. The molecule has 1 atom stereocenters. The average Bonchev–Trinajstić information content (AvgIpc) is 3.19. The maximum absolute atomic E-state index is 12.3. The first-order valence-electron chi connectivity index (χ1n) is 10.2. The van der Waals surface area contributed by atoms with Crippen LogP contribution in [0.25, 0.3) is 0 Å². The summed E-state index contributed by atoms with van der Waals surface area (Å²) in [6.07, 6.45) is 3.75. The van der Waals surface area contributed by atoms with Crippen molar-refractivity contribution in [2.24, 2.45) is 0 Å². The summed E-state index contributed by atoms with van der Waals surface area (Å²) in [4.78, 5) is 21.3. The van der Waals surface area contributed by atoms with Crippen LogP contribution < -0.4 is 15.5 Å². The van der Waals surface area contributed by atoms with Crippen LogP contribution in [-0.4, -0.2) is 54.7 Å². The molecule has 3 rings (SSSR count). The Bertz CT molecular complexity index is 730. The number of nitrogens with zero attached hydrogens (tertiary/aromatic N) is 3. The maximum atomic E-state index is 12.3. The normalized spacial score (nSPS) is 16.4. The largest absolute Gasteiger partial charge is 0.354 e. The Kier molecular flexibility index (Phi) is 7.25. The molecule has 0 bridgehead atoms. The molecule has 1 saturated heterocycles. The van der Waals surface area contributed by atoms with Gasteiger partial charge >= 0.3 is 6.03 Å². The molecule has 1 aliphatic heterocycles. The number of hydrogen-bond acceptors (Lipinski definition) is 4. The topological polar surface area (TPSA) is 60.5 Å². The minimum absolute atomic E-state index is 0.135. The van der Waals surface area contributed by atoms with Gasteiger partial charge in [-0.2, -0.15) is 0 Å². The summed E-state index contributed by atoms with van der Waals surface area (Å²) < 4.78 is 0. The highest BCUT2D eigenvalue weighted by atomic mass is 16.2. The maximum Gasteiger partial charge on any atom is 0.319 e. The zero-order valence-corrected chi connectivity index (χ0v) is 16.9. The Morgan fingerprint density at radius 2 is 1.96 bits per heavy atom. The average molecular weight is 382 g/mol. The summed E-state index contributed by atoms with van der Waals surface area (Å²) >= 11 is 0. The van der Waals surface area contributed by atoms with Crippen molar-refractivity contribution >= 4 is 17.5 Å². The summed E-state index contributed by atoms with van der Waals surface area (Å²) in [5.41, 5.74) is 2.11. The van der Waals surface area contributed by atoms with Crippen LogP contribution in [-0.2, 0) is 6.42 Å². The number of likely N-dealkylation sites (N-methyl/N-ethyl adjacent to an activating group) is 1. The molecule has 0 aliphatic carbocycles. The molecule has 2 N–H and O–H groups in total. The number of amides is 2. The number of anilines is 2. The lowest BCUT2D eigenvalue weighted by molar-refractivity contribution is 0.249. The van der Waals surface area contributed by atoms with Crippen LogP contribution in [0.2, 0.25) is 0 Å². The van der Waals surface area contributed by atoms with E-state index in [1.54, 1.807) is 6.20 Å². The fraction of sp³-hybridized carbons (Fsp3) is 0.455. The van der Waals surface area contributed by atoms with E-state index in [1.165, 1.54) is 5.56 Å². The lowest BCUT2D eigenvalue weighted by Crippen LogP contribution is -2.39. The number of rotatable bonds is 8. The van der Waals surface area contributed by atoms with E-state index in [-0.39, 0.29) is 12.1 Å². The molecular formula is C22H31N5O. The highest BCUT2D eigenvalue weighted by Crippen LogP contribution is 2.17. The van der Waals surface area contributed by atoms with Gasteiger partial charge in [0.05, 0.1) is 0 Å². The highest BCUT2D eigenvalue weighted by molar-refractivity contribution is 5.89. The molecule has 28 heavy (non-hydrogen) atoms.